The maximum atomic E-state index is 6.18. The second-order valence-corrected chi connectivity index (χ2v) is 10.1. The highest BCUT2D eigenvalue weighted by molar-refractivity contribution is 14.1. The summed E-state index contributed by atoms with van der Waals surface area (Å²) >= 11 is 8.31. The zero-order valence-electron chi connectivity index (χ0n) is 18.3. The van der Waals surface area contributed by atoms with Crippen LogP contribution in [0.3, 0.4) is 0 Å². The minimum Gasteiger partial charge on any atom is -0.490 e. The van der Waals surface area contributed by atoms with Crippen molar-refractivity contribution in [2.24, 2.45) is 0 Å². The predicted octanol–water partition coefficient (Wildman–Crippen LogP) is 6.13. The SMILES string of the molecule is Cc1[nH]c(C)c([C@H]2[C@@H](c3ccccn3)NC(=S)N2c2ccc(OC3CCCC3)cc2)c1I. The monoisotopic (exact) mass is 558 g/mol. The van der Waals surface area contributed by atoms with E-state index in [9.17, 15) is 0 Å². The topological polar surface area (TPSA) is 53.2 Å². The first kappa shape index (κ1) is 21.7. The number of hydrogen-bond acceptors (Lipinski definition) is 3. The van der Waals surface area contributed by atoms with E-state index < -0.39 is 0 Å². The summed E-state index contributed by atoms with van der Waals surface area (Å²) in [7, 11) is 0. The number of nitrogens with one attached hydrogen (secondary N) is 2. The van der Waals surface area contributed by atoms with Crippen LogP contribution < -0.4 is 15.0 Å². The van der Waals surface area contributed by atoms with Crippen molar-refractivity contribution in [1.82, 2.24) is 15.3 Å². The minimum atomic E-state index is -0.0412. The number of thiocarbonyl (C=S) groups is 1. The van der Waals surface area contributed by atoms with Crippen molar-refractivity contribution in [2.45, 2.75) is 57.7 Å². The van der Waals surface area contributed by atoms with Crippen LogP contribution in [0.2, 0.25) is 0 Å². The quantitative estimate of drug-likeness (QED) is 0.292. The average Bonchev–Trinajstić information content (AvgIpc) is 3.48. The summed E-state index contributed by atoms with van der Waals surface area (Å²) in [4.78, 5) is 10.4. The molecule has 1 saturated carbocycles. The number of aromatic amines is 1. The van der Waals surface area contributed by atoms with Gasteiger partial charge < -0.3 is 19.9 Å². The zero-order chi connectivity index (χ0) is 22.2. The normalized spacial score (nSPS) is 21.2. The molecule has 7 heteroatoms. The molecule has 0 radical (unpaired) electrons. The van der Waals surface area contributed by atoms with Gasteiger partial charge in [0.1, 0.15) is 5.75 Å². The number of anilines is 1. The molecule has 0 unspecified atom stereocenters. The Bertz CT molecular complexity index is 1110. The third-order valence-electron chi connectivity index (χ3n) is 6.46. The maximum absolute atomic E-state index is 6.18. The van der Waals surface area contributed by atoms with Crippen LogP contribution in [0.4, 0.5) is 5.69 Å². The van der Waals surface area contributed by atoms with Gasteiger partial charge in [0.2, 0.25) is 0 Å². The second kappa shape index (κ2) is 9.02. The number of rotatable bonds is 5. The summed E-state index contributed by atoms with van der Waals surface area (Å²) in [6.07, 6.45) is 7.03. The van der Waals surface area contributed by atoms with Gasteiger partial charge in [0.15, 0.2) is 5.11 Å². The Balaban J connectivity index is 1.53. The summed E-state index contributed by atoms with van der Waals surface area (Å²) in [5, 5.41) is 4.26. The zero-order valence-corrected chi connectivity index (χ0v) is 21.2. The van der Waals surface area contributed by atoms with Gasteiger partial charge in [0, 0.05) is 32.4 Å². The Morgan fingerprint density at radius 3 is 2.44 bits per heavy atom. The fourth-order valence-electron chi connectivity index (χ4n) is 4.93. The van der Waals surface area contributed by atoms with Crippen LogP contribution >= 0.6 is 34.8 Å². The highest BCUT2D eigenvalue weighted by Gasteiger charge is 2.43. The Morgan fingerprint density at radius 2 is 1.81 bits per heavy atom. The molecule has 1 aliphatic carbocycles. The van der Waals surface area contributed by atoms with E-state index >= 15 is 0 Å². The maximum Gasteiger partial charge on any atom is 0.174 e. The van der Waals surface area contributed by atoms with Crippen molar-refractivity contribution in [3.63, 3.8) is 0 Å². The van der Waals surface area contributed by atoms with Crippen molar-refractivity contribution in [3.05, 3.63) is 74.9 Å². The predicted molar refractivity (Wildman–Crippen MR) is 140 cm³/mol. The molecule has 3 heterocycles. The van der Waals surface area contributed by atoms with Crippen molar-refractivity contribution in [2.75, 3.05) is 4.90 Å². The lowest BCUT2D eigenvalue weighted by Crippen LogP contribution is -2.29. The summed E-state index contributed by atoms with van der Waals surface area (Å²) in [6, 6.07) is 14.4. The van der Waals surface area contributed by atoms with E-state index in [-0.39, 0.29) is 12.1 Å². The number of H-pyrrole nitrogens is 1. The lowest BCUT2D eigenvalue weighted by atomic mass is 9.96. The van der Waals surface area contributed by atoms with E-state index in [1.165, 1.54) is 27.7 Å². The van der Waals surface area contributed by atoms with E-state index in [1.54, 1.807) is 0 Å². The molecular weight excluding hydrogens is 531 g/mol. The molecule has 0 spiro atoms. The van der Waals surface area contributed by atoms with Gasteiger partial charge in [-0.3, -0.25) is 4.98 Å². The number of hydrogen-bond donors (Lipinski definition) is 2. The van der Waals surface area contributed by atoms with Gasteiger partial charge in [-0.1, -0.05) is 6.07 Å². The van der Waals surface area contributed by atoms with Crippen LogP contribution in [0.1, 0.15) is 60.4 Å². The van der Waals surface area contributed by atoms with Crippen LogP contribution in [0.15, 0.2) is 48.7 Å². The molecule has 2 N–H and O–H groups in total. The smallest absolute Gasteiger partial charge is 0.174 e. The van der Waals surface area contributed by atoms with Crippen molar-refractivity contribution >= 4 is 45.6 Å². The lowest BCUT2D eigenvalue weighted by Gasteiger charge is -2.28. The summed E-state index contributed by atoms with van der Waals surface area (Å²) < 4.78 is 7.42. The molecular formula is C25H27IN4OS. The van der Waals surface area contributed by atoms with E-state index in [1.807, 2.05) is 18.3 Å². The van der Waals surface area contributed by atoms with Gasteiger partial charge in [0.05, 0.1) is 23.9 Å². The molecule has 3 aromatic rings. The first-order valence-electron chi connectivity index (χ1n) is 11.1. The summed E-state index contributed by atoms with van der Waals surface area (Å²) in [5.41, 5.74) is 5.64. The Morgan fingerprint density at radius 1 is 1.06 bits per heavy atom. The molecule has 2 aliphatic rings. The molecule has 32 heavy (non-hydrogen) atoms. The third-order valence-corrected chi connectivity index (χ3v) is 8.16. The van der Waals surface area contributed by atoms with Gasteiger partial charge in [-0.2, -0.15) is 0 Å². The fourth-order valence-corrected chi connectivity index (χ4v) is 6.14. The number of ether oxygens (including phenoxy) is 1. The average molecular weight is 558 g/mol. The van der Waals surface area contributed by atoms with Gasteiger partial charge in [-0.15, -0.1) is 0 Å². The second-order valence-electron chi connectivity index (χ2n) is 8.62. The molecule has 1 aliphatic heterocycles. The van der Waals surface area contributed by atoms with Gasteiger partial charge in [-0.25, -0.2) is 0 Å². The number of aryl methyl sites for hydroxylation is 2. The van der Waals surface area contributed by atoms with Crippen molar-refractivity contribution < 1.29 is 4.74 Å². The van der Waals surface area contributed by atoms with Crippen molar-refractivity contribution in [3.8, 4) is 5.75 Å². The summed E-state index contributed by atoms with van der Waals surface area (Å²) in [5.74, 6) is 0.930. The number of pyridine rings is 1. The van der Waals surface area contributed by atoms with E-state index in [4.69, 9.17) is 17.0 Å². The molecule has 2 atom stereocenters. The molecule has 0 amide bonds. The Hall–Kier alpha value is -2.13. The first-order chi connectivity index (χ1) is 15.5. The van der Waals surface area contributed by atoms with Crippen LogP contribution in [-0.2, 0) is 0 Å². The molecule has 166 valence electrons. The van der Waals surface area contributed by atoms with E-state index in [0.717, 1.165) is 35.7 Å². The number of halogens is 1. The molecule has 2 aromatic heterocycles. The fraction of sp³-hybridized carbons (Fsp3) is 0.360. The number of benzene rings is 1. The third kappa shape index (κ3) is 4.01. The van der Waals surface area contributed by atoms with Crippen LogP contribution in [0.25, 0.3) is 0 Å². The standard InChI is InChI=1S/C25H27IN4OS/c1-15-21(22(26)16(2)28-15)24-23(20-9-5-6-14-27-20)29-25(32)30(24)17-10-12-19(13-11-17)31-18-7-3-4-8-18/h5-6,9-14,18,23-24,28H,3-4,7-8H2,1-2H3,(H,29,32)/t23-,24+/m1/s1. The van der Waals surface area contributed by atoms with Crippen molar-refractivity contribution in [1.29, 1.82) is 0 Å². The number of aromatic nitrogens is 2. The highest BCUT2D eigenvalue weighted by Crippen LogP contribution is 2.44. The Kier molecular flexibility index (Phi) is 6.11. The van der Waals surface area contributed by atoms with Gasteiger partial charge in [0.25, 0.3) is 0 Å². The molecule has 0 bridgehead atoms. The van der Waals surface area contributed by atoms with Crippen LogP contribution in [0.5, 0.6) is 5.75 Å². The van der Waals surface area contributed by atoms with Crippen LogP contribution in [0, 0.1) is 17.4 Å². The number of nitrogens with zero attached hydrogens (tertiary/aromatic N) is 2. The minimum absolute atomic E-state index is 0.00384. The largest absolute Gasteiger partial charge is 0.490 e. The molecule has 1 saturated heterocycles. The highest BCUT2D eigenvalue weighted by atomic mass is 127. The first-order valence-corrected chi connectivity index (χ1v) is 12.6. The molecule has 5 rings (SSSR count). The van der Waals surface area contributed by atoms with Gasteiger partial charge >= 0.3 is 0 Å². The molecule has 5 nitrogen and oxygen atoms in total. The Labute approximate surface area is 208 Å². The lowest BCUT2D eigenvalue weighted by molar-refractivity contribution is 0.210. The van der Waals surface area contributed by atoms with E-state index in [0.29, 0.717) is 11.2 Å². The van der Waals surface area contributed by atoms with Crippen LogP contribution in [-0.4, -0.2) is 21.2 Å². The van der Waals surface area contributed by atoms with Gasteiger partial charge in [-0.05, 0) is 111 Å². The molecule has 2 fully saturated rings. The summed E-state index contributed by atoms with van der Waals surface area (Å²) in [6.45, 7) is 4.26. The van der Waals surface area contributed by atoms with E-state index in [2.05, 4.69) is 87.0 Å². The molecule has 1 aromatic carbocycles.